The summed E-state index contributed by atoms with van der Waals surface area (Å²) < 4.78 is 26.6. The van der Waals surface area contributed by atoms with Crippen molar-refractivity contribution < 1.29 is 13.2 Å². The summed E-state index contributed by atoms with van der Waals surface area (Å²) in [5.74, 6) is -0.292. The van der Waals surface area contributed by atoms with Crippen LogP contribution in [-0.4, -0.2) is 26.9 Å². The highest BCUT2D eigenvalue weighted by Crippen LogP contribution is 2.18. The van der Waals surface area contributed by atoms with Gasteiger partial charge in [-0.2, -0.15) is 4.72 Å². The minimum atomic E-state index is -3.76. The Balaban J connectivity index is 2.22. The van der Waals surface area contributed by atoms with E-state index >= 15 is 0 Å². The topological polar surface area (TPSA) is 101 Å². The van der Waals surface area contributed by atoms with Gasteiger partial charge in [0, 0.05) is 6.54 Å². The number of nitrogens with two attached hydrogens (primary N) is 1. The Bertz CT molecular complexity index is 556. The van der Waals surface area contributed by atoms with Gasteiger partial charge >= 0.3 is 0 Å². The van der Waals surface area contributed by atoms with Gasteiger partial charge in [-0.05, 0) is 25.0 Å². The first-order chi connectivity index (χ1) is 8.50. The molecule has 4 N–H and O–H groups in total. The van der Waals surface area contributed by atoms with Crippen molar-refractivity contribution in [3.63, 3.8) is 0 Å². The van der Waals surface area contributed by atoms with Crippen LogP contribution in [0.5, 0.6) is 0 Å². The second-order valence-corrected chi connectivity index (χ2v) is 5.83. The highest BCUT2D eigenvalue weighted by Gasteiger charge is 2.28. The first-order valence-electron chi connectivity index (χ1n) is 5.65. The van der Waals surface area contributed by atoms with Gasteiger partial charge in [-0.25, -0.2) is 8.42 Å². The van der Waals surface area contributed by atoms with Gasteiger partial charge in [-0.15, -0.1) is 0 Å². The van der Waals surface area contributed by atoms with Crippen LogP contribution >= 0.6 is 0 Å². The third-order valence-electron chi connectivity index (χ3n) is 2.79. The molecule has 7 heteroatoms. The van der Waals surface area contributed by atoms with E-state index in [0.29, 0.717) is 13.0 Å². The molecule has 18 heavy (non-hydrogen) atoms. The number of rotatable bonds is 3. The molecule has 1 heterocycles. The third-order valence-corrected chi connectivity index (χ3v) is 4.34. The number of para-hydroxylation sites is 1. The van der Waals surface area contributed by atoms with Crippen molar-refractivity contribution >= 4 is 21.6 Å². The van der Waals surface area contributed by atoms with Gasteiger partial charge in [0.05, 0.1) is 5.69 Å². The zero-order valence-electron chi connectivity index (χ0n) is 9.72. The molecule has 1 fully saturated rings. The Morgan fingerprint density at radius 2 is 2.06 bits per heavy atom. The predicted octanol–water partition coefficient (Wildman–Crippen LogP) is -0.174. The summed E-state index contributed by atoms with van der Waals surface area (Å²) in [5, 5.41) is 2.62. The van der Waals surface area contributed by atoms with Crippen molar-refractivity contribution in [2.24, 2.45) is 0 Å². The number of hydrogen-bond donors (Lipinski definition) is 3. The smallest absolute Gasteiger partial charge is 0.243 e. The molecule has 0 spiro atoms. The quantitative estimate of drug-likeness (QED) is 0.663. The summed E-state index contributed by atoms with van der Waals surface area (Å²) in [4.78, 5) is 11.5. The van der Waals surface area contributed by atoms with Crippen molar-refractivity contribution in [2.75, 3.05) is 12.3 Å². The number of amides is 1. The van der Waals surface area contributed by atoms with Crippen molar-refractivity contribution in [1.82, 2.24) is 10.0 Å². The van der Waals surface area contributed by atoms with Crippen molar-refractivity contribution in [2.45, 2.75) is 23.8 Å². The summed E-state index contributed by atoms with van der Waals surface area (Å²) >= 11 is 0. The van der Waals surface area contributed by atoms with Crippen LogP contribution in [0.25, 0.3) is 0 Å². The van der Waals surface area contributed by atoms with Crippen molar-refractivity contribution in [3.05, 3.63) is 24.3 Å². The lowest BCUT2D eigenvalue weighted by molar-refractivity contribution is -0.124. The van der Waals surface area contributed by atoms with Crippen LogP contribution in [0.3, 0.4) is 0 Å². The van der Waals surface area contributed by atoms with E-state index in [-0.39, 0.29) is 16.5 Å². The van der Waals surface area contributed by atoms with Gasteiger partial charge in [0.15, 0.2) is 0 Å². The molecular formula is C11H15N3O3S. The maximum atomic E-state index is 12.1. The largest absolute Gasteiger partial charge is 0.398 e. The second-order valence-electron chi connectivity index (χ2n) is 4.14. The lowest BCUT2D eigenvalue weighted by Crippen LogP contribution is -2.50. The molecule has 98 valence electrons. The minimum Gasteiger partial charge on any atom is -0.398 e. The van der Waals surface area contributed by atoms with E-state index in [4.69, 9.17) is 5.73 Å². The van der Waals surface area contributed by atoms with Crippen LogP contribution in [0.4, 0.5) is 5.69 Å². The first-order valence-corrected chi connectivity index (χ1v) is 7.13. The molecule has 1 amide bonds. The third kappa shape index (κ3) is 2.62. The molecule has 1 aliphatic rings. The van der Waals surface area contributed by atoms with Crippen LogP contribution in [0, 0.1) is 0 Å². The molecule has 0 aliphatic carbocycles. The van der Waals surface area contributed by atoms with Gasteiger partial charge < -0.3 is 11.1 Å². The fraction of sp³-hybridized carbons (Fsp3) is 0.364. The van der Waals surface area contributed by atoms with E-state index in [1.165, 1.54) is 12.1 Å². The lowest BCUT2D eigenvalue weighted by Gasteiger charge is -2.22. The highest BCUT2D eigenvalue weighted by molar-refractivity contribution is 7.89. The molecule has 2 rings (SSSR count). The minimum absolute atomic E-state index is 0.00312. The van der Waals surface area contributed by atoms with E-state index in [9.17, 15) is 13.2 Å². The van der Waals surface area contributed by atoms with E-state index < -0.39 is 16.1 Å². The number of nitrogens with one attached hydrogen (secondary N) is 2. The summed E-state index contributed by atoms with van der Waals surface area (Å²) in [5.41, 5.74) is 5.79. The van der Waals surface area contributed by atoms with E-state index in [2.05, 4.69) is 10.0 Å². The second kappa shape index (κ2) is 4.95. The Labute approximate surface area is 106 Å². The summed E-state index contributed by atoms with van der Waals surface area (Å²) in [7, 11) is -3.76. The van der Waals surface area contributed by atoms with Gasteiger partial charge in [-0.3, -0.25) is 4.79 Å². The molecule has 0 saturated carbocycles. The average molecular weight is 269 g/mol. The van der Waals surface area contributed by atoms with Gasteiger partial charge in [0.25, 0.3) is 0 Å². The normalized spacial score (nSPS) is 20.4. The van der Waals surface area contributed by atoms with Crippen LogP contribution in [-0.2, 0) is 14.8 Å². The van der Waals surface area contributed by atoms with Crippen molar-refractivity contribution in [3.8, 4) is 0 Å². The Kier molecular flexibility index (Phi) is 3.53. The average Bonchev–Trinajstić information content (AvgIpc) is 2.32. The lowest BCUT2D eigenvalue weighted by atomic mass is 10.1. The maximum Gasteiger partial charge on any atom is 0.243 e. The fourth-order valence-corrected chi connectivity index (χ4v) is 3.22. The molecule has 1 saturated heterocycles. The SMILES string of the molecule is Nc1ccccc1S(=O)(=O)NC1CCCNC1=O. The van der Waals surface area contributed by atoms with Crippen LogP contribution in [0.1, 0.15) is 12.8 Å². The standard InChI is InChI=1S/C11H15N3O3S/c12-8-4-1-2-6-10(8)18(16,17)14-9-5-3-7-13-11(9)15/h1-2,4,6,9,14H,3,5,7,12H2,(H,13,15). The number of hydrogen-bond acceptors (Lipinski definition) is 4. The molecule has 1 aromatic rings. The number of carbonyl (C=O) groups is 1. The summed E-state index contributed by atoms with van der Waals surface area (Å²) in [6.07, 6.45) is 1.25. The Morgan fingerprint density at radius 3 is 2.72 bits per heavy atom. The number of piperidine rings is 1. The molecule has 0 aromatic heterocycles. The number of anilines is 1. The zero-order valence-corrected chi connectivity index (χ0v) is 10.5. The van der Waals surface area contributed by atoms with E-state index in [1.807, 2.05) is 0 Å². The molecule has 1 aliphatic heterocycles. The number of sulfonamides is 1. The van der Waals surface area contributed by atoms with E-state index in [1.54, 1.807) is 12.1 Å². The monoisotopic (exact) mass is 269 g/mol. The first kappa shape index (κ1) is 12.8. The molecule has 0 bridgehead atoms. The number of benzene rings is 1. The highest BCUT2D eigenvalue weighted by atomic mass is 32.2. The van der Waals surface area contributed by atoms with Crippen LogP contribution in [0.15, 0.2) is 29.2 Å². The summed E-state index contributed by atoms with van der Waals surface area (Å²) in [6.45, 7) is 0.588. The summed E-state index contributed by atoms with van der Waals surface area (Å²) in [6, 6.07) is 5.45. The molecular weight excluding hydrogens is 254 g/mol. The van der Waals surface area contributed by atoms with Gasteiger partial charge in [0.2, 0.25) is 15.9 Å². The molecule has 1 aromatic carbocycles. The molecule has 1 atom stereocenters. The van der Waals surface area contributed by atoms with Crippen molar-refractivity contribution in [1.29, 1.82) is 0 Å². The Hall–Kier alpha value is -1.60. The van der Waals surface area contributed by atoms with E-state index in [0.717, 1.165) is 6.42 Å². The van der Waals surface area contributed by atoms with Gasteiger partial charge in [-0.1, -0.05) is 12.1 Å². The molecule has 6 nitrogen and oxygen atoms in total. The van der Waals surface area contributed by atoms with Crippen LogP contribution in [0.2, 0.25) is 0 Å². The van der Waals surface area contributed by atoms with Crippen LogP contribution < -0.4 is 15.8 Å². The molecule has 0 radical (unpaired) electrons. The number of carbonyl (C=O) groups excluding carboxylic acids is 1. The number of nitrogen functional groups attached to an aromatic ring is 1. The zero-order chi connectivity index (χ0) is 13.2. The maximum absolute atomic E-state index is 12.1. The molecule has 1 unspecified atom stereocenters. The predicted molar refractivity (Wildman–Crippen MR) is 67.2 cm³/mol. The van der Waals surface area contributed by atoms with Gasteiger partial charge in [0.1, 0.15) is 10.9 Å². The Morgan fingerprint density at radius 1 is 1.33 bits per heavy atom. The fourth-order valence-electron chi connectivity index (χ4n) is 1.86.